The van der Waals surface area contributed by atoms with Gasteiger partial charge in [0, 0.05) is 40.1 Å². The Labute approximate surface area is 277 Å². The molecule has 48 heavy (non-hydrogen) atoms. The van der Waals surface area contributed by atoms with E-state index in [2.05, 4.69) is 83.1 Å². The number of benzene rings is 5. The van der Waals surface area contributed by atoms with Crippen molar-refractivity contribution in [3.63, 3.8) is 0 Å². The molecule has 238 valence electrons. The minimum Gasteiger partial charge on any atom is -0.385 e. The number of nitrogens with one attached hydrogen (secondary N) is 5. The normalized spacial score (nSPS) is 11.3. The number of H-pyrrole nitrogens is 4. The Morgan fingerprint density at radius 1 is 0.562 bits per heavy atom. The lowest BCUT2D eigenvalue weighted by Gasteiger charge is -2.16. The van der Waals surface area contributed by atoms with Crippen molar-refractivity contribution < 1.29 is 0 Å². The zero-order valence-electron chi connectivity index (χ0n) is 26.3. The topological polar surface area (TPSA) is 131 Å². The number of para-hydroxylation sites is 5. The number of anilines is 1. The lowest BCUT2D eigenvalue weighted by atomic mass is 10.0. The molecule has 0 atom stereocenters. The molecule has 5 N–H and O–H groups in total. The second-order valence-corrected chi connectivity index (χ2v) is 10.9. The summed E-state index contributed by atoms with van der Waals surface area (Å²) in [5.41, 5.74) is 7.08. The van der Waals surface area contributed by atoms with Gasteiger partial charge < -0.3 is 15.3 Å². The van der Waals surface area contributed by atoms with Crippen molar-refractivity contribution in [3.8, 4) is 0 Å². The van der Waals surface area contributed by atoms with Crippen molar-refractivity contribution in [2.75, 3.05) is 11.9 Å². The van der Waals surface area contributed by atoms with Crippen molar-refractivity contribution in [3.05, 3.63) is 168 Å². The molecule has 0 radical (unpaired) electrons. The van der Waals surface area contributed by atoms with E-state index in [1.807, 2.05) is 91.3 Å². The maximum atomic E-state index is 11.1. The van der Waals surface area contributed by atoms with Gasteiger partial charge in [0.15, 0.2) is 0 Å². The highest BCUT2D eigenvalue weighted by molar-refractivity contribution is 5.80. The quantitative estimate of drug-likeness (QED) is 0.115. The molecule has 0 fully saturated rings. The smallest absolute Gasteiger partial charge is 0.272 e. The van der Waals surface area contributed by atoms with Gasteiger partial charge in [-0.15, -0.1) is 0 Å². The van der Waals surface area contributed by atoms with Crippen molar-refractivity contribution in [2.24, 2.45) is 0 Å². The number of fused-ring (bicyclic) bond motifs is 5. The molecule has 1 aliphatic heterocycles. The van der Waals surface area contributed by atoms with E-state index in [0.29, 0.717) is 5.39 Å². The van der Waals surface area contributed by atoms with Crippen LogP contribution in [0.5, 0.6) is 0 Å². The van der Waals surface area contributed by atoms with E-state index >= 15 is 0 Å². The minimum atomic E-state index is -0.136. The number of hydrogen-bond acceptors (Lipinski definition) is 5. The lowest BCUT2D eigenvalue weighted by molar-refractivity contribution is 0.830. The highest BCUT2D eigenvalue weighted by atomic mass is 16.1. The third-order valence-corrected chi connectivity index (χ3v) is 7.67. The van der Waals surface area contributed by atoms with Gasteiger partial charge in [-0.2, -0.15) is 10.2 Å². The zero-order chi connectivity index (χ0) is 32.8. The molecule has 0 unspecified atom stereocenters. The molecule has 9 heteroatoms. The van der Waals surface area contributed by atoms with Gasteiger partial charge in [-0.25, -0.2) is 10.1 Å². The Bertz CT molecular complexity index is 2090. The van der Waals surface area contributed by atoms with E-state index in [-0.39, 0.29) is 5.56 Å². The SMILES string of the molecule is O=c1[nH]ncc2ccccc12.c1ccc2[nH]ccc2c1.c1ccc2[nH]cnc2c1.c1ccc2[nH]ncc2c1.c1ccc2c(c1)CCCN2. The Morgan fingerprint density at radius 3 is 2.02 bits per heavy atom. The number of nitrogens with zero attached hydrogens (tertiary/aromatic N) is 3. The number of imidazole rings is 1. The summed E-state index contributed by atoms with van der Waals surface area (Å²) in [5.74, 6) is 0. The molecule has 0 spiro atoms. The maximum absolute atomic E-state index is 11.1. The highest BCUT2D eigenvalue weighted by Gasteiger charge is 2.05. The van der Waals surface area contributed by atoms with E-state index in [4.69, 9.17) is 0 Å². The van der Waals surface area contributed by atoms with Crippen LogP contribution in [-0.2, 0) is 6.42 Å². The average molecular weight is 633 g/mol. The summed E-state index contributed by atoms with van der Waals surface area (Å²) >= 11 is 0. The van der Waals surface area contributed by atoms with Gasteiger partial charge in [0.25, 0.3) is 5.56 Å². The molecule has 4 aromatic heterocycles. The molecule has 9 aromatic rings. The standard InChI is InChI=1S/C9H11N.C8H6N2O.C8H7N.2C7H6N2/c1-2-6-9-8(4-1)5-3-7-10-9;11-8-7-4-2-1-3-6(7)5-9-10-8;1-2-4-8-7(3-1)5-6-9-8;1-2-4-7-6(3-1)8-5-9-7;1-2-4-7-6(3-1)5-8-9-7/h1-2,4,6,10H,3,5,7H2;1-5H,(H,10,11);1-6,9H;2*1-5H,(H,8,9). The number of aryl methyl sites for hydroxylation is 1. The molecular formula is C39H36N8O. The van der Waals surface area contributed by atoms with Crippen LogP contribution in [0, 0.1) is 0 Å². The van der Waals surface area contributed by atoms with Crippen LogP contribution in [0.4, 0.5) is 5.69 Å². The first-order chi connectivity index (χ1) is 23.7. The van der Waals surface area contributed by atoms with Crippen LogP contribution >= 0.6 is 0 Å². The van der Waals surface area contributed by atoms with Crippen LogP contribution in [0.2, 0.25) is 0 Å². The Kier molecular flexibility index (Phi) is 10.6. The summed E-state index contributed by atoms with van der Waals surface area (Å²) in [6.07, 6.45) is 9.61. The molecule has 0 saturated heterocycles. The fourth-order valence-corrected chi connectivity index (χ4v) is 5.21. The van der Waals surface area contributed by atoms with E-state index < -0.39 is 0 Å². The van der Waals surface area contributed by atoms with Crippen LogP contribution in [-0.4, -0.2) is 41.9 Å². The molecule has 0 saturated carbocycles. The fourth-order valence-electron chi connectivity index (χ4n) is 5.21. The van der Waals surface area contributed by atoms with Crippen molar-refractivity contribution in [2.45, 2.75) is 12.8 Å². The van der Waals surface area contributed by atoms with Crippen LogP contribution in [0.3, 0.4) is 0 Å². The molecule has 0 bridgehead atoms. The lowest BCUT2D eigenvalue weighted by Crippen LogP contribution is -2.10. The Hall–Kier alpha value is -6.48. The molecular weight excluding hydrogens is 596 g/mol. The third kappa shape index (κ3) is 8.41. The van der Waals surface area contributed by atoms with Crippen LogP contribution in [0.15, 0.2) is 157 Å². The molecule has 0 aliphatic carbocycles. The highest BCUT2D eigenvalue weighted by Crippen LogP contribution is 2.20. The van der Waals surface area contributed by atoms with Crippen LogP contribution < -0.4 is 10.9 Å². The van der Waals surface area contributed by atoms with Gasteiger partial charge in [-0.05, 0) is 66.3 Å². The van der Waals surface area contributed by atoms with Gasteiger partial charge in [-0.1, -0.05) is 84.9 Å². The molecule has 5 heterocycles. The van der Waals surface area contributed by atoms with Gasteiger partial charge in [0.05, 0.1) is 35.3 Å². The first-order valence-electron chi connectivity index (χ1n) is 15.8. The first kappa shape index (κ1) is 31.5. The summed E-state index contributed by atoms with van der Waals surface area (Å²) in [6, 6.07) is 42.1. The van der Waals surface area contributed by atoms with Crippen molar-refractivity contribution in [1.82, 2.24) is 35.3 Å². The number of aromatic nitrogens is 7. The summed E-state index contributed by atoms with van der Waals surface area (Å²) < 4.78 is 0. The largest absolute Gasteiger partial charge is 0.385 e. The molecule has 5 aromatic carbocycles. The maximum Gasteiger partial charge on any atom is 0.272 e. The average Bonchev–Trinajstić information content (AvgIpc) is 3.95. The third-order valence-electron chi connectivity index (χ3n) is 7.67. The predicted octanol–water partition coefficient (Wildman–Crippen LogP) is 8.26. The summed E-state index contributed by atoms with van der Waals surface area (Å²) in [7, 11) is 0. The van der Waals surface area contributed by atoms with Crippen LogP contribution in [0.25, 0.3) is 43.6 Å². The predicted molar refractivity (Wildman–Crippen MR) is 196 cm³/mol. The van der Waals surface area contributed by atoms with Gasteiger partial charge >= 0.3 is 0 Å². The van der Waals surface area contributed by atoms with E-state index in [1.165, 1.54) is 35.0 Å². The second-order valence-electron chi connectivity index (χ2n) is 10.9. The van der Waals surface area contributed by atoms with Gasteiger partial charge in [0.1, 0.15) is 0 Å². The number of hydrogen-bond donors (Lipinski definition) is 5. The van der Waals surface area contributed by atoms with E-state index in [0.717, 1.165) is 33.9 Å². The summed E-state index contributed by atoms with van der Waals surface area (Å²) in [4.78, 5) is 21.3. The van der Waals surface area contributed by atoms with Crippen molar-refractivity contribution in [1.29, 1.82) is 0 Å². The first-order valence-corrected chi connectivity index (χ1v) is 15.8. The molecule has 10 rings (SSSR count). The second kappa shape index (κ2) is 16.2. The monoisotopic (exact) mass is 632 g/mol. The summed E-state index contributed by atoms with van der Waals surface area (Å²) in [5, 5.41) is 20.1. The number of aromatic amines is 4. The van der Waals surface area contributed by atoms with Gasteiger partial charge in [0.2, 0.25) is 0 Å². The molecule has 1 aliphatic rings. The Balaban J connectivity index is 0.000000105. The molecule has 0 amide bonds. The molecule has 9 nitrogen and oxygen atoms in total. The van der Waals surface area contributed by atoms with E-state index in [1.54, 1.807) is 18.6 Å². The fraction of sp³-hybridized carbons (Fsp3) is 0.0769. The van der Waals surface area contributed by atoms with Crippen LogP contribution in [0.1, 0.15) is 12.0 Å². The zero-order valence-corrected chi connectivity index (χ0v) is 26.3. The van der Waals surface area contributed by atoms with E-state index in [9.17, 15) is 4.79 Å². The van der Waals surface area contributed by atoms with Crippen molar-refractivity contribution >= 4 is 49.3 Å². The Morgan fingerprint density at radius 2 is 1.23 bits per heavy atom. The van der Waals surface area contributed by atoms with Gasteiger partial charge in [-0.3, -0.25) is 9.89 Å². The number of rotatable bonds is 0. The summed E-state index contributed by atoms with van der Waals surface area (Å²) in [6.45, 7) is 1.14. The minimum absolute atomic E-state index is 0.136.